The van der Waals surface area contributed by atoms with Gasteiger partial charge in [0, 0.05) is 10.4 Å². The van der Waals surface area contributed by atoms with Gasteiger partial charge in [-0.2, -0.15) is 0 Å². The minimum Gasteiger partial charge on any atom is -0.497 e. The molecule has 0 aliphatic heterocycles. The first-order valence-electron chi connectivity index (χ1n) is 8.07. The highest BCUT2D eigenvalue weighted by Crippen LogP contribution is 2.31. The van der Waals surface area contributed by atoms with Gasteiger partial charge in [-0.3, -0.25) is 14.2 Å². The summed E-state index contributed by atoms with van der Waals surface area (Å²) in [6, 6.07) is 11.5. The standard InChI is InChI=1S/C19H14FN3O3S/c1-26-12-7-5-11(6-8-12)22-15(24)9-23-10-21-17-16-13(20)3-2-4-14(16)27-18(17)19(23)25/h2-8,10H,9H2,1H3,(H,22,24). The smallest absolute Gasteiger partial charge is 0.271 e. The number of halogens is 1. The third-order valence-corrected chi connectivity index (χ3v) is 5.24. The summed E-state index contributed by atoms with van der Waals surface area (Å²) in [4.78, 5) is 29.2. The van der Waals surface area contributed by atoms with Crippen LogP contribution in [0.1, 0.15) is 0 Å². The molecule has 6 nitrogen and oxygen atoms in total. The molecule has 2 aromatic heterocycles. The van der Waals surface area contributed by atoms with Crippen molar-refractivity contribution in [2.45, 2.75) is 6.54 Å². The summed E-state index contributed by atoms with van der Waals surface area (Å²) in [5.74, 6) is -0.104. The predicted octanol–water partition coefficient (Wildman–Crippen LogP) is 3.40. The zero-order chi connectivity index (χ0) is 19.0. The second-order valence-electron chi connectivity index (χ2n) is 5.85. The van der Waals surface area contributed by atoms with Gasteiger partial charge in [0.25, 0.3) is 5.56 Å². The number of carbonyl (C=O) groups excluding carboxylic acids is 1. The molecule has 4 aromatic rings. The molecule has 27 heavy (non-hydrogen) atoms. The third kappa shape index (κ3) is 3.15. The summed E-state index contributed by atoms with van der Waals surface area (Å²) >= 11 is 1.17. The normalized spacial score (nSPS) is 11.0. The number of benzene rings is 2. The van der Waals surface area contributed by atoms with Crippen molar-refractivity contribution in [1.82, 2.24) is 9.55 Å². The van der Waals surface area contributed by atoms with E-state index < -0.39 is 5.82 Å². The molecule has 0 fully saturated rings. The highest BCUT2D eigenvalue weighted by molar-refractivity contribution is 7.25. The number of nitrogens with zero attached hydrogens (tertiary/aromatic N) is 2. The largest absolute Gasteiger partial charge is 0.497 e. The van der Waals surface area contributed by atoms with Crippen molar-refractivity contribution in [2.75, 3.05) is 12.4 Å². The maximum absolute atomic E-state index is 14.1. The number of thiophene rings is 1. The van der Waals surface area contributed by atoms with Crippen LogP contribution in [0.5, 0.6) is 5.75 Å². The van der Waals surface area contributed by atoms with E-state index in [0.29, 0.717) is 31.7 Å². The van der Waals surface area contributed by atoms with Crippen LogP contribution in [0, 0.1) is 5.82 Å². The third-order valence-electron chi connectivity index (χ3n) is 4.11. The van der Waals surface area contributed by atoms with Gasteiger partial charge in [-0.25, -0.2) is 9.37 Å². The Morgan fingerprint density at radius 3 is 2.78 bits per heavy atom. The van der Waals surface area contributed by atoms with Crippen LogP contribution in [0.15, 0.2) is 53.6 Å². The summed E-state index contributed by atoms with van der Waals surface area (Å²) in [5, 5.41) is 3.05. The average Bonchev–Trinajstić information content (AvgIpc) is 3.05. The number of hydrogen-bond donors (Lipinski definition) is 1. The van der Waals surface area contributed by atoms with Gasteiger partial charge < -0.3 is 10.1 Å². The molecular formula is C19H14FN3O3S. The van der Waals surface area contributed by atoms with Crippen LogP contribution in [0.3, 0.4) is 0 Å². The first-order chi connectivity index (χ1) is 13.1. The van der Waals surface area contributed by atoms with Crippen molar-refractivity contribution in [3.8, 4) is 5.75 Å². The fourth-order valence-electron chi connectivity index (χ4n) is 2.81. The van der Waals surface area contributed by atoms with Gasteiger partial charge in [0.1, 0.15) is 22.8 Å². The molecule has 0 saturated carbocycles. The van der Waals surface area contributed by atoms with E-state index in [1.807, 2.05) is 0 Å². The van der Waals surface area contributed by atoms with Gasteiger partial charge in [-0.15, -0.1) is 11.3 Å². The monoisotopic (exact) mass is 383 g/mol. The molecule has 0 spiro atoms. The molecule has 0 saturated heterocycles. The second kappa shape index (κ2) is 6.81. The van der Waals surface area contributed by atoms with Gasteiger partial charge in [0.05, 0.1) is 24.3 Å². The lowest BCUT2D eigenvalue weighted by Crippen LogP contribution is -2.27. The summed E-state index contributed by atoms with van der Waals surface area (Å²) in [6.07, 6.45) is 1.27. The number of aromatic nitrogens is 2. The molecule has 4 rings (SSSR count). The van der Waals surface area contributed by atoms with Crippen LogP contribution in [0.2, 0.25) is 0 Å². The number of fused-ring (bicyclic) bond motifs is 3. The maximum atomic E-state index is 14.1. The van der Waals surface area contributed by atoms with E-state index in [1.165, 1.54) is 28.3 Å². The molecule has 0 aliphatic rings. The Labute approximate surface area is 156 Å². The van der Waals surface area contributed by atoms with Gasteiger partial charge in [0.2, 0.25) is 5.91 Å². The maximum Gasteiger partial charge on any atom is 0.271 e. The van der Waals surface area contributed by atoms with Crippen LogP contribution in [-0.4, -0.2) is 22.6 Å². The van der Waals surface area contributed by atoms with Gasteiger partial charge in [-0.1, -0.05) is 6.07 Å². The van der Waals surface area contributed by atoms with E-state index in [1.54, 1.807) is 43.5 Å². The molecule has 1 N–H and O–H groups in total. The fourth-order valence-corrected chi connectivity index (χ4v) is 3.93. The topological polar surface area (TPSA) is 73.2 Å². The molecular weight excluding hydrogens is 369 g/mol. The summed E-state index contributed by atoms with van der Waals surface area (Å²) in [7, 11) is 1.56. The van der Waals surface area contributed by atoms with Crippen LogP contribution >= 0.6 is 11.3 Å². The van der Waals surface area contributed by atoms with Gasteiger partial charge in [0.15, 0.2) is 0 Å². The Hall–Kier alpha value is -3.26. The van der Waals surface area contributed by atoms with Gasteiger partial charge >= 0.3 is 0 Å². The van der Waals surface area contributed by atoms with E-state index in [4.69, 9.17) is 4.74 Å². The predicted molar refractivity (Wildman–Crippen MR) is 103 cm³/mol. The van der Waals surface area contributed by atoms with Crippen molar-refractivity contribution in [3.05, 3.63) is 65.0 Å². The van der Waals surface area contributed by atoms with Crippen LogP contribution in [-0.2, 0) is 11.3 Å². The van der Waals surface area contributed by atoms with Crippen molar-refractivity contribution in [3.63, 3.8) is 0 Å². The van der Waals surface area contributed by atoms with Crippen molar-refractivity contribution >= 4 is 43.2 Å². The lowest BCUT2D eigenvalue weighted by atomic mass is 10.2. The Morgan fingerprint density at radius 1 is 1.26 bits per heavy atom. The number of carbonyl (C=O) groups is 1. The Bertz CT molecular complexity index is 1210. The number of rotatable bonds is 4. The molecule has 0 unspecified atom stereocenters. The van der Waals surface area contributed by atoms with E-state index >= 15 is 0 Å². The van der Waals surface area contributed by atoms with Crippen LogP contribution in [0.25, 0.3) is 20.3 Å². The number of hydrogen-bond acceptors (Lipinski definition) is 5. The quantitative estimate of drug-likeness (QED) is 0.586. The molecule has 8 heteroatoms. The van der Waals surface area contributed by atoms with E-state index in [9.17, 15) is 14.0 Å². The van der Waals surface area contributed by atoms with Gasteiger partial charge in [-0.05, 0) is 36.4 Å². The second-order valence-corrected chi connectivity index (χ2v) is 6.90. The minimum atomic E-state index is -0.416. The first kappa shape index (κ1) is 17.2. The summed E-state index contributed by atoms with van der Waals surface area (Å²) in [6.45, 7) is -0.190. The first-order valence-corrected chi connectivity index (χ1v) is 8.88. The highest BCUT2D eigenvalue weighted by Gasteiger charge is 2.15. The Morgan fingerprint density at radius 2 is 2.04 bits per heavy atom. The number of methoxy groups -OCH3 is 1. The number of ether oxygens (including phenoxy) is 1. The van der Waals surface area contributed by atoms with Crippen LogP contribution in [0.4, 0.5) is 10.1 Å². The SMILES string of the molecule is COc1ccc(NC(=O)Cn2cnc3c(sc4cccc(F)c43)c2=O)cc1. The fraction of sp³-hybridized carbons (Fsp3) is 0.105. The minimum absolute atomic E-state index is 0.190. The summed E-state index contributed by atoms with van der Waals surface area (Å²) in [5.41, 5.74) is 0.544. The lowest BCUT2D eigenvalue weighted by Gasteiger charge is -2.08. The molecule has 0 bridgehead atoms. The lowest BCUT2D eigenvalue weighted by molar-refractivity contribution is -0.116. The number of amides is 1. The molecule has 2 heterocycles. The van der Waals surface area contributed by atoms with Crippen molar-refractivity contribution < 1.29 is 13.9 Å². The summed E-state index contributed by atoms with van der Waals surface area (Å²) < 4.78 is 21.3. The Kier molecular flexibility index (Phi) is 4.33. The molecule has 0 radical (unpaired) electrons. The molecule has 0 aliphatic carbocycles. The Balaban J connectivity index is 1.62. The zero-order valence-corrected chi connectivity index (χ0v) is 15.0. The zero-order valence-electron chi connectivity index (χ0n) is 14.2. The van der Waals surface area contributed by atoms with E-state index in [-0.39, 0.29) is 18.0 Å². The van der Waals surface area contributed by atoms with E-state index in [0.717, 1.165) is 0 Å². The molecule has 0 atom stereocenters. The molecule has 136 valence electrons. The van der Waals surface area contributed by atoms with Crippen molar-refractivity contribution in [1.29, 1.82) is 0 Å². The van der Waals surface area contributed by atoms with Crippen molar-refractivity contribution in [2.24, 2.45) is 0 Å². The molecule has 2 aromatic carbocycles. The average molecular weight is 383 g/mol. The number of nitrogens with one attached hydrogen (secondary N) is 1. The number of anilines is 1. The molecule has 1 amide bonds. The highest BCUT2D eigenvalue weighted by atomic mass is 32.1. The van der Waals surface area contributed by atoms with Crippen LogP contribution < -0.4 is 15.6 Å². The van der Waals surface area contributed by atoms with E-state index in [2.05, 4.69) is 10.3 Å².